The standard InChI is InChI=1S/C15H10BrClO/c16-13-8-5-12(6-9-13)15(18)10-7-11-3-1-2-4-14(11)17/h1-10H/b10-7+. The molecule has 2 aromatic carbocycles. The molecular weight excluding hydrogens is 312 g/mol. The Kier molecular flexibility index (Phi) is 4.34. The van der Waals surface area contributed by atoms with Crippen LogP contribution in [0.15, 0.2) is 59.1 Å². The minimum absolute atomic E-state index is 0.0394. The van der Waals surface area contributed by atoms with Crippen LogP contribution < -0.4 is 0 Å². The van der Waals surface area contributed by atoms with Gasteiger partial charge in [-0.15, -0.1) is 0 Å². The molecule has 0 atom stereocenters. The first kappa shape index (κ1) is 13.1. The maximum absolute atomic E-state index is 11.9. The Morgan fingerprint density at radius 2 is 1.72 bits per heavy atom. The lowest BCUT2D eigenvalue weighted by Gasteiger charge is -1.98. The van der Waals surface area contributed by atoms with Crippen molar-refractivity contribution in [2.75, 3.05) is 0 Å². The zero-order valence-electron chi connectivity index (χ0n) is 9.44. The fourth-order valence-electron chi connectivity index (χ4n) is 1.49. The van der Waals surface area contributed by atoms with E-state index in [1.807, 2.05) is 30.3 Å². The van der Waals surface area contributed by atoms with Gasteiger partial charge in [0.1, 0.15) is 0 Å². The minimum Gasteiger partial charge on any atom is -0.289 e. The van der Waals surface area contributed by atoms with Crippen molar-refractivity contribution in [3.05, 3.63) is 75.2 Å². The van der Waals surface area contributed by atoms with E-state index >= 15 is 0 Å². The first-order valence-electron chi connectivity index (χ1n) is 5.39. The van der Waals surface area contributed by atoms with Crippen molar-refractivity contribution in [2.24, 2.45) is 0 Å². The molecule has 0 N–H and O–H groups in total. The fourth-order valence-corrected chi connectivity index (χ4v) is 1.95. The van der Waals surface area contributed by atoms with Crippen molar-refractivity contribution in [1.82, 2.24) is 0 Å². The van der Waals surface area contributed by atoms with E-state index in [-0.39, 0.29) is 5.78 Å². The quantitative estimate of drug-likeness (QED) is 0.574. The van der Waals surface area contributed by atoms with Crippen LogP contribution in [-0.4, -0.2) is 5.78 Å². The summed E-state index contributed by atoms with van der Waals surface area (Å²) in [7, 11) is 0. The third kappa shape index (κ3) is 3.31. The molecule has 0 aliphatic carbocycles. The van der Waals surface area contributed by atoms with Crippen LogP contribution in [0.2, 0.25) is 5.02 Å². The lowest BCUT2D eigenvalue weighted by molar-refractivity contribution is 0.104. The van der Waals surface area contributed by atoms with E-state index < -0.39 is 0 Å². The SMILES string of the molecule is O=C(/C=C/c1ccccc1Cl)c1ccc(Br)cc1. The molecule has 0 spiro atoms. The van der Waals surface area contributed by atoms with E-state index in [0.29, 0.717) is 10.6 Å². The molecule has 0 heterocycles. The van der Waals surface area contributed by atoms with Crippen molar-refractivity contribution in [3.63, 3.8) is 0 Å². The van der Waals surface area contributed by atoms with Crippen LogP contribution in [0.5, 0.6) is 0 Å². The summed E-state index contributed by atoms with van der Waals surface area (Å²) < 4.78 is 0.953. The van der Waals surface area contributed by atoms with Crippen LogP contribution in [0.3, 0.4) is 0 Å². The summed E-state index contributed by atoms with van der Waals surface area (Å²) in [4.78, 5) is 11.9. The maximum atomic E-state index is 11.9. The minimum atomic E-state index is -0.0394. The second kappa shape index (κ2) is 5.98. The lowest BCUT2D eigenvalue weighted by Crippen LogP contribution is -1.93. The van der Waals surface area contributed by atoms with E-state index in [9.17, 15) is 4.79 Å². The number of carbonyl (C=O) groups is 1. The number of ketones is 1. The number of allylic oxidation sites excluding steroid dienone is 1. The Labute approximate surface area is 119 Å². The number of benzene rings is 2. The molecule has 2 rings (SSSR count). The van der Waals surface area contributed by atoms with Crippen LogP contribution in [-0.2, 0) is 0 Å². The molecule has 0 fully saturated rings. The van der Waals surface area contributed by atoms with E-state index in [4.69, 9.17) is 11.6 Å². The zero-order chi connectivity index (χ0) is 13.0. The molecule has 2 aromatic rings. The number of hydrogen-bond donors (Lipinski definition) is 0. The molecule has 0 unspecified atom stereocenters. The summed E-state index contributed by atoms with van der Waals surface area (Å²) in [5, 5.41) is 0.636. The molecule has 0 saturated carbocycles. The predicted octanol–water partition coefficient (Wildman–Crippen LogP) is 5.00. The average molecular weight is 322 g/mol. The molecule has 1 nitrogen and oxygen atoms in total. The zero-order valence-corrected chi connectivity index (χ0v) is 11.8. The van der Waals surface area contributed by atoms with E-state index in [1.54, 1.807) is 24.3 Å². The van der Waals surface area contributed by atoms with Gasteiger partial charge in [-0.2, -0.15) is 0 Å². The smallest absolute Gasteiger partial charge is 0.185 e. The second-order valence-electron chi connectivity index (χ2n) is 3.73. The maximum Gasteiger partial charge on any atom is 0.185 e. The highest BCUT2D eigenvalue weighted by molar-refractivity contribution is 9.10. The van der Waals surface area contributed by atoms with Gasteiger partial charge in [0.2, 0.25) is 0 Å². The molecule has 0 aliphatic rings. The van der Waals surface area contributed by atoms with Crippen LogP contribution in [0.4, 0.5) is 0 Å². The topological polar surface area (TPSA) is 17.1 Å². The highest BCUT2D eigenvalue weighted by Gasteiger charge is 2.01. The van der Waals surface area contributed by atoms with Crippen molar-refractivity contribution >= 4 is 39.4 Å². The van der Waals surface area contributed by atoms with Gasteiger partial charge in [0.15, 0.2) is 5.78 Å². The summed E-state index contributed by atoms with van der Waals surface area (Å²) in [6.07, 6.45) is 3.26. The number of halogens is 2. The first-order valence-corrected chi connectivity index (χ1v) is 6.56. The van der Waals surface area contributed by atoms with Gasteiger partial charge in [-0.25, -0.2) is 0 Å². The van der Waals surface area contributed by atoms with Crippen LogP contribution in [0.25, 0.3) is 6.08 Å². The van der Waals surface area contributed by atoms with Crippen molar-refractivity contribution in [2.45, 2.75) is 0 Å². The predicted molar refractivity (Wildman–Crippen MR) is 79.0 cm³/mol. The number of hydrogen-bond acceptors (Lipinski definition) is 1. The molecule has 3 heteroatoms. The average Bonchev–Trinajstić information content (AvgIpc) is 2.38. The van der Waals surface area contributed by atoms with Gasteiger partial charge in [-0.1, -0.05) is 45.7 Å². The van der Waals surface area contributed by atoms with Crippen LogP contribution in [0, 0.1) is 0 Å². The Morgan fingerprint density at radius 3 is 2.39 bits per heavy atom. The Bertz CT molecular complexity index is 588. The second-order valence-corrected chi connectivity index (χ2v) is 5.05. The van der Waals surface area contributed by atoms with Crippen molar-refractivity contribution in [1.29, 1.82) is 0 Å². The van der Waals surface area contributed by atoms with Crippen molar-refractivity contribution < 1.29 is 4.79 Å². The summed E-state index contributed by atoms with van der Waals surface area (Å²) >= 11 is 9.34. The molecule has 0 aliphatic heterocycles. The van der Waals surface area contributed by atoms with Gasteiger partial charge >= 0.3 is 0 Å². The molecule has 0 saturated heterocycles. The molecule has 0 radical (unpaired) electrons. The molecule has 90 valence electrons. The van der Waals surface area contributed by atoms with Crippen LogP contribution >= 0.6 is 27.5 Å². The highest BCUT2D eigenvalue weighted by atomic mass is 79.9. The van der Waals surface area contributed by atoms with E-state index in [1.165, 1.54) is 6.08 Å². The van der Waals surface area contributed by atoms with Gasteiger partial charge < -0.3 is 0 Å². The Morgan fingerprint density at radius 1 is 1.06 bits per heavy atom. The monoisotopic (exact) mass is 320 g/mol. The largest absolute Gasteiger partial charge is 0.289 e. The summed E-state index contributed by atoms with van der Waals surface area (Å²) in [6.45, 7) is 0. The van der Waals surface area contributed by atoms with Gasteiger partial charge in [-0.05, 0) is 48.0 Å². The van der Waals surface area contributed by atoms with E-state index in [2.05, 4.69) is 15.9 Å². The first-order chi connectivity index (χ1) is 8.66. The van der Waals surface area contributed by atoms with Crippen molar-refractivity contribution in [3.8, 4) is 0 Å². The Balaban J connectivity index is 2.17. The summed E-state index contributed by atoms with van der Waals surface area (Å²) in [5.41, 5.74) is 1.49. The molecule has 0 amide bonds. The number of rotatable bonds is 3. The molecule has 0 bridgehead atoms. The molecular formula is C15H10BrClO. The van der Waals surface area contributed by atoms with Gasteiger partial charge in [0.05, 0.1) is 0 Å². The van der Waals surface area contributed by atoms with Gasteiger partial charge in [0.25, 0.3) is 0 Å². The third-order valence-electron chi connectivity index (χ3n) is 2.45. The molecule has 0 aromatic heterocycles. The van der Waals surface area contributed by atoms with E-state index in [0.717, 1.165) is 10.0 Å². The fraction of sp³-hybridized carbons (Fsp3) is 0. The summed E-state index contributed by atoms with van der Waals surface area (Å²) in [5.74, 6) is -0.0394. The normalized spacial score (nSPS) is 10.8. The third-order valence-corrected chi connectivity index (χ3v) is 3.32. The van der Waals surface area contributed by atoms with Gasteiger partial charge in [0, 0.05) is 15.1 Å². The summed E-state index contributed by atoms with van der Waals surface area (Å²) in [6, 6.07) is 14.7. The molecule has 18 heavy (non-hydrogen) atoms. The Hall–Kier alpha value is -1.38. The highest BCUT2D eigenvalue weighted by Crippen LogP contribution is 2.17. The van der Waals surface area contributed by atoms with Crippen LogP contribution in [0.1, 0.15) is 15.9 Å². The lowest BCUT2D eigenvalue weighted by atomic mass is 10.1. The van der Waals surface area contributed by atoms with Gasteiger partial charge in [-0.3, -0.25) is 4.79 Å². The number of carbonyl (C=O) groups excluding carboxylic acids is 1.